The summed E-state index contributed by atoms with van der Waals surface area (Å²) in [7, 11) is 1.83. The van der Waals surface area contributed by atoms with Crippen LogP contribution in [-0.2, 0) is 4.74 Å². The molecule has 1 heteroatoms. The Balaban J connectivity index is 0.000000461. The van der Waals surface area contributed by atoms with Crippen molar-refractivity contribution in [2.45, 2.75) is 52.6 Å². The van der Waals surface area contributed by atoms with E-state index < -0.39 is 0 Å². The highest BCUT2D eigenvalue weighted by Gasteiger charge is 2.19. The van der Waals surface area contributed by atoms with Crippen molar-refractivity contribution in [3.05, 3.63) is 0 Å². The molecule has 68 valence electrons. The first-order valence-corrected chi connectivity index (χ1v) is 4.87. The van der Waals surface area contributed by atoms with Gasteiger partial charge in [-0.05, 0) is 18.8 Å². The lowest BCUT2D eigenvalue weighted by Gasteiger charge is -2.26. The summed E-state index contributed by atoms with van der Waals surface area (Å²) in [6.07, 6.45) is 5.96. The summed E-state index contributed by atoms with van der Waals surface area (Å²) in [5.41, 5.74) is 0. The summed E-state index contributed by atoms with van der Waals surface area (Å²) in [6.45, 7) is 6.29. The Hall–Kier alpha value is -0.0400. The lowest BCUT2D eigenvalue weighted by atomic mass is 9.88. The van der Waals surface area contributed by atoms with Crippen molar-refractivity contribution in [2.24, 2.45) is 5.92 Å². The van der Waals surface area contributed by atoms with Gasteiger partial charge in [0.25, 0.3) is 0 Å². The average molecular weight is 158 g/mol. The average Bonchev–Trinajstić information content (AvgIpc) is 2.09. The molecule has 1 aliphatic rings. The van der Waals surface area contributed by atoms with Crippen LogP contribution in [0.25, 0.3) is 0 Å². The maximum absolute atomic E-state index is 5.30. The van der Waals surface area contributed by atoms with Crippen LogP contribution in [0, 0.1) is 5.92 Å². The summed E-state index contributed by atoms with van der Waals surface area (Å²) >= 11 is 0. The summed E-state index contributed by atoms with van der Waals surface area (Å²) in [5.74, 6) is 0.795. The topological polar surface area (TPSA) is 9.23 Å². The van der Waals surface area contributed by atoms with Crippen molar-refractivity contribution in [1.29, 1.82) is 0 Å². The molecule has 0 aromatic carbocycles. The summed E-state index contributed by atoms with van der Waals surface area (Å²) < 4.78 is 5.30. The quantitative estimate of drug-likeness (QED) is 0.569. The third kappa shape index (κ3) is 3.76. The molecule has 1 nitrogen and oxygen atoms in total. The SMILES string of the molecule is CC.COC1CCCCC1C. The Morgan fingerprint density at radius 3 is 2.00 bits per heavy atom. The molecule has 2 atom stereocenters. The Morgan fingerprint density at radius 1 is 1.09 bits per heavy atom. The molecule has 0 amide bonds. The second-order valence-electron chi connectivity index (χ2n) is 3.04. The molecule has 0 aliphatic heterocycles. The van der Waals surface area contributed by atoms with E-state index in [0.29, 0.717) is 6.10 Å². The molecule has 0 aromatic rings. The molecule has 0 N–H and O–H groups in total. The number of ether oxygens (including phenoxy) is 1. The third-order valence-electron chi connectivity index (χ3n) is 2.34. The Bertz CT molecular complexity index is 80.9. The van der Waals surface area contributed by atoms with Crippen LogP contribution < -0.4 is 0 Å². The molecule has 1 rings (SSSR count). The van der Waals surface area contributed by atoms with Crippen LogP contribution in [0.2, 0.25) is 0 Å². The van der Waals surface area contributed by atoms with Crippen LogP contribution in [0.3, 0.4) is 0 Å². The summed E-state index contributed by atoms with van der Waals surface area (Å²) in [6, 6.07) is 0. The standard InChI is InChI=1S/C8H16O.C2H6/c1-7-5-3-4-6-8(7)9-2;1-2/h7-8H,3-6H2,1-2H3;1-2H3. The van der Waals surface area contributed by atoms with E-state index in [1.165, 1.54) is 25.7 Å². The highest BCUT2D eigenvalue weighted by molar-refractivity contribution is 4.71. The molecule has 1 aliphatic carbocycles. The van der Waals surface area contributed by atoms with E-state index in [0.717, 1.165) is 5.92 Å². The number of rotatable bonds is 1. The van der Waals surface area contributed by atoms with Crippen LogP contribution in [0.15, 0.2) is 0 Å². The fourth-order valence-electron chi connectivity index (χ4n) is 1.63. The van der Waals surface area contributed by atoms with Gasteiger partial charge in [-0.3, -0.25) is 0 Å². The number of methoxy groups -OCH3 is 1. The van der Waals surface area contributed by atoms with Crippen molar-refractivity contribution in [3.63, 3.8) is 0 Å². The third-order valence-corrected chi connectivity index (χ3v) is 2.34. The molecule has 0 bridgehead atoms. The van der Waals surface area contributed by atoms with Crippen LogP contribution in [0.1, 0.15) is 46.5 Å². The molecule has 0 saturated heterocycles. The van der Waals surface area contributed by atoms with Crippen molar-refractivity contribution >= 4 is 0 Å². The van der Waals surface area contributed by atoms with Gasteiger partial charge in [0.1, 0.15) is 0 Å². The smallest absolute Gasteiger partial charge is 0.0596 e. The second kappa shape index (κ2) is 6.66. The molecule has 0 heterocycles. The minimum absolute atomic E-state index is 0.554. The fraction of sp³-hybridized carbons (Fsp3) is 1.00. The van der Waals surface area contributed by atoms with Crippen molar-refractivity contribution < 1.29 is 4.74 Å². The van der Waals surface area contributed by atoms with Crippen LogP contribution in [-0.4, -0.2) is 13.2 Å². The molecule has 1 fully saturated rings. The van der Waals surface area contributed by atoms with Gasteiger partial charge < -0.3 is 4.74 Å². The molecular weight excluding hydrogens is 136 g/mol. The van der Waals surface area contributed by atoms with E-state index in [4.69, 9.17) is 4.74 Å². The maximum Gasteiger partial charge on any atom is 0.0596 e. The van der Waals surface area contributed by atoms with Gasteiger partial charge in [0.15, 0.2) is 0 Å². The zero-order valence-electron chi connectivity index (χ0n) is 8.39. The normalized spacial score (nSPS) is 30.5. The molecule has 0 spiro atoms. The monoisotopic (exact) mass is 158 g/mol. The van der Waals surface area contributed by atoms with Gasteiger partial charge in [-0.1, -0.05) is 33.6 Å². The van der Waals surface area contributed by atoms with Gasteiger partial charge in [-0.2, -0.15) is 0 Å². The first-order valence-electron chi connectivity index (χ1n) is 4.87. The van der Waals surface area contributed by atoms with Gasteiger partial charge in [0.2, 0.25) is 0 Å². The summed E-state index contributed by atoms with van der Waals surface area (Å²) in [5, 5.41) is 0. The molecule has 2 unspecified atom stereocenters. The Labute approximate surface area is 71.1 Å². The summed E-state index contributed by atoms with van der Waals surface area (Å²) in [4.78, 5) is 0. The van der Waals surface area contributed by atoms with Crippen molar-refractivity contribution in [2.75, 3.05) is 7.11 Å². The van der Waals surface area contributed by atoms with Gasteiger partial charge in [0.05, 0.1) is 6.10 Å². The maximum atomic E-state index is 5.30. The minimum Gasteiger partial charge on any atom is -0.381 e. The van der Waals surface area contributed by atoms with Crippen molar-refractivity contribution in [1.82, 2.24) is 0 Å². The van der Waals surface area contributed by atoms with Gasteiger partial charge >= 0.3 is 0 Å². The highest BCUT2D eigenvalue weighted by atomic mass is 16.5. The Morgan fingerprint density at radius 2 is 1.64 bits per heavy atom. The second-order valence-corrected chi connectivity index (χ2v) is 3.04. The van der Waals surface area contributed by atoms with Crippen LogP contribution in [0.5, 0.6) is 0 Å². The van der Waals surface area contributed by atoms with Crippen LogP contribution in [0.4, 0.5) is 0 Å². The highest BCUT2D eigenvalue weighted by Crippen LogP contribution is 2.25. The van der Waals surface area contributed by atoms with E-state index in [-0.39, 0.29) is 0 Å². The lowest BCUT2D eigenvalue weighted by Crippen LogP contribution is -2.23. The first kappa shape index (κ1) is 11.0. The fourth-order valence-corrected chi connectivity index (χ4v) is 1.63. The zero-order valence-corrected chi connectivity index (χ0v) is 8.39. The van der Waals surface area contributed by atoms with Crippen LogP contribution >= 0.6 is 0 Å². The van der Waals surface area contributed by atoms with Gasteiger partial charge in [-0.15, -0.1) is 0 Å². The van der Waals surface area contributed by atoms with Gasteiger partial charge in [0, 0.05) is 7.11 Å². The predicted octanol–water partition coefficient (Wildman–Crippen LogP) is 3.24. The number of hydrogen-bond donors (Lipinski definition) is 0. The van der Waals surface area contributed by atoms with E-state index in [1.54, 1.807) is 0 Å². The van der Waals surface area contributed by atoms with E-state index >= 15 is 0 Å². The minimum atomic E-state index is 0.554. The van der Waals surface area contributed by atoms with Gasteiger partial charge in [-0.25, -0.2) is 0 Å². The number of hydrogen-bond acceptors (Lipinski definition) is 1. The largest absolute Gasteiger partial charge is 0.381 e. The zero-order chi connectivity index (χ0) is 8.69. The van der Waals surface area contributed by atoms with E-state index in [2.05, 4.69) is 6.92 Å². The van der Waals surface area contributed by atoms with E-state index in [1.807, 2.05) is 21.0 Å². The molecule has 11 heavy (non-hydrogen) atoms. The predicted molar refractivity (Wildman–Crippen MR) is 49.8 cm³/mol. The molecule has 0 aromatic heterocycles. The Kier molecular flexibility index (Phi) is 6.63. The van der Waals surface area contributed by atoms with E-state index in [9.17, 15) is 0 Å². The first-order chi connectivity index (χ1) is 5.34. The molecule has 0 radical (unpaired) electrons. The molecular formula is C10H22O. The van der Waals surface area contributed by atoms with Crippen molar-refractivity contribution in [3.8, 4) is 0 Å². The molecule has 1 saturated carbocycles. The lowest BCUT2D eigenvalue weighted by molar-refractivity contribution is 0.0310.